The molecule has 0 atom stereocenters. The Hall–Kier alpha value is -3.12. The van der Waals surface area contributed by atoms with Gasteiger partial charge >= 0.3 is 6.03 Å². The van der Waals surface area contributed by atoms with Gasteiger partial charge in [-0.25, -0.2) is 4.79 Å². The van der Waals surface area contributed by atoms with Crippen molar-refractivity contribution in [2.24, 2.45) is 0 Å². The van der Waals surface area contributed by atoms with Gasteiger partial charge in [-0.15, -0.1) is 0 Å². The second-order valence-corrected chi connectivity index (χ2v) is 5.49. The van der Waals surface area contributed by atoms with E-state index in [0.29, 0.717) is 23.7 Å². The molecule has 6 nitrogen and oxygen atoms in total. The molecule has 2 N–H and O–H groups in total. The molecule has 0 aliphatic carbocycles. The number of carbonyl (C=O) groups excluding carboxylic acids is 1. The summed E-state index contributed by atoms with van der Waals surface area (Å²) in [5, 5.41) is 9.50. The van der Waals surface area contributed by atoms with Crippen molar-refractivity contribution >= 4 is 11.7 Å². The lowest BCUT2D eigenvalue weighted by Crippen LogP contribution is -2.28. The van der Waals surface area contributed by atoms with Gasteiger partial charge in [0.2, 0.25) is 0 Å². The first-order chi connectivity index (χ1) is 12.2. The van der Waals surface area contributed by atoms with Crippen LogP contribution in [0.25, 0.3) is 11.3 Å². The van der Waals surface area contributed by atoms with Crippen LogP contribution in [0.4, 0.5) is 10.5 Å². The Kier molecular flexibility index (Phi) is 5.43. The topological polar surface area (TPSA) is 76.4 Å². The molecule has 6 heteroatoms. The molecule has 0 aliphatic heterocycles. The van der Waals surface area contributed by atoms with Crippen molar-refractivity contribution in [2.45, 2.75) is 13.2 Å². The van der Waals surface area contributed by atoms with Crippen LogP contribution in [0.1, 0.15) is 11.3 Å². The van der Waals surface area contributed by atoms with Gasteiger partial charge in [-0.05, 0) is 17.7 Å². The molecule has 0 radical (unpaired) electrons. The predicted molar refractivity (Wildman–Crippen MR) is 95.0 cm³/mol. The fraction of sp³-hybridized carbons (Fsp3) is 0.158. The van der Waals surface area contributed by atoms with Gasteiger partial charge in [0.05, 0.1) is 13.2 Å². The number of urea groups is 1. The minimum Gasteiger partial charge on any atom is -0.380 e. The van der Waals surface area contributed by atoms with Crippen molar-refractivity contribution in [1.82, 2.24) is 10.5 Å². The summed E-state index contributed by atoms with van der Waals surface area (Å²) in [6.45, 7) is 0.826. The minimum absolute atomic E-state index is 0.282. The summed E-state index contributed by atoms with van der Waals surface area (Å²) in [5.41, 5.74) is 3.36. The molecule has 3 aromatic rings. The van der Waals surface area contributed by atoms with Crippen LogP contribution in [0.15, 0.2) is 65.2 Å². The van der Waals surface area contributed by atoms with Crippen LogP contribution in [0.3, 0.4) is 0 Å². The third-order valence-electron chi connectivity index (χ3n) is 3.57. The minimum atomic E-state index is -0.302. The average Bonchev–Trinajstić information content (AvgIpc) is 3.12. The smallest absolute Gasteiger partial charge is 0.319 e. The molecule has 0 aliphatic rings. The summed E-state index contributed by atoms with van der Waals surface area (Å²) in [6.07, 6.45) is 0. The highest BCUT2D eigenvalue weighted by molar-refractivity contribution is 5.89. The van der Waals surface area contributed by atoms with Gasteiger partial charge in [-0.1, -0.05) is 47.6 Å². The van der Waals surface area contributed by atoms with Crippen molar-refractivity contribution < 1.29 is 14.1 Å². The zero-order valence-corrected chi connectivity index (χ0v) is 13.9. The van der Waals surface area contributed by atoms with E-state index >= 15 is 0 Å². The van der Waals surface area contributed by atoms with E-state index in [9.17, 15) is 4.79 Å². The maximum Gasteiger partial charge on any atom is 0.319 e. The number of aromatic nitrogens is 1. The van der Waals surface area contributed by atoms with E-state index in [0.717, 1.165) is 11.1 Å². The fourth-order valence-electron chi connectivity index (χ4n) is 2.33. The predicted octanol–water partition coefficient (Wildman–Crippen LogP) is 3.81. The molecule has 0 fully saturated rings. The van der Waals surface area contributed by atoms with E-state index in [1.165, 1.54) is 0 Å². The Morgan fingerprint density at radius 3 is 2.60 bits per heavy atom. The van der Waals surface area contributed by atoms with Crippen molar-refractivity contribution in [3.05, 3.63) is 71.9 Å². The van der Waals surface area contributed by atoms with Gasteiger partial charge in [0.25, 0.3) is 0 Å². The van der Waals surface area contributed by atoms with Crippen LogP contribution < -0.4 is 10.6 Å². The van der Waals surface area contributed by atoms with Gasteiger partial charge in [0.1, 0.15) is 5.69 Å². The maximum absolute atomic E-state index is 12.0. The fourth-order valence-corrected chi connectivity index (χ4v) is 2.33. The zero-order chi connectivity index (χ0) is 17.5. The lowest BCUT2D eigenvalue weighted by molar-refractivity contribution is 0.185. The molecule has 0 unspecified atom stereocenters. The summed E-state index contributed by atoms with van der Waals surface area (Å²) in [6, 6.07) is 18.7. The first kappa shape index (κ1) is 16.7. The standard InChI is InChI=1S/C19H19N3O3/c1-24-13-14-7-9-16(10-8-14)21-19(23)20-12-17-11-18(25-22-17)15-5-3-2-4-6-15/h2-11H,12-13H2,1H3,(H2,20,21,23). The van der Waals surface area contributed by atoms with Crippen molar-refractivity contribution in [3.63, 3.8) is 0 Å². The Morgan fingerprint density at radius 2 is 1.88 bits per heavy atom. The number of hydrogen-bond donors (Lipinski definition) is 2. The molecule has 0 bridgehead atoms. The Labute approximate surface area is 145 Å². The summed E-state index contributed by atoms with van der Waals surface area (Å²) < 4.78 is 10.4. The van der Waals surface area contributed by atoms with Gasteiger partial charge in [-0.3, -0.25) is 0 Å². The molecule has 1 aromatic heterocycles. The van der Waals surface area contributed by atoms with Crippen molar-refractivity contribution in [2.75, 3.05) is 12.4 Å². The number of hydrogen-bond acceptors (Lipinski definition) is 4. The molecule has 25 heavy (non-hydrogen) atoms. The lowest BCUT2D eigenvalue weighted by Gasteiger charge is -2.07. The zero-order valence-electron chi connectivity index (χ0n) is 13.9. The summed E-state index contributed by atoms with van der Waals surface area (Å²) in [5.74, 6) is 0.673. The maximum atomic E-state index is 12.0. The Balaban J connectivity index is 1.51. The second-order valence-electron chi connectivity index (χ2n) is 5.49. The van der Waals surface area contributed by atoms with Gasteiger partial charge in [-0.2, -0.15) is 0 Å². The summed E-state index contributed by atoms with van der Waals surface area (Å²) in [4.78, 5) is 12.0. The van der Waals surface area contributed by atoms with Crippen LogP contribution in [0, 0.1) is 0 Å². The van der Waals surface area contributed by atoms with E-state index < -0.39 is 0 Å². The molecule has 0 spiro atoms. The molecule has 128 valence electrons. The van der Waals surface area contributed by atoms with Crippen LogP contribution >= 0.6 is 0 Å². The van der Waals surface area contributed by atoms with E-state index in [2.05, 4.69) is 15.8 Å². The van der Waals surface area contributed by atoms with Crippen LogP contribution in [0.5, 0.6) is 0 Å². The lowest BCUT2D eigenvalue weighted by atomic mass is 10.2. The van der Waals surface area contributed by atoms with E-state index in [4.69, 9.17) is 9.26 Å². The van der Waals surface area contributed by atoms with Gasteiger partial charge in [0, 0.05) is 24.4 Å². The normalized spacial score (nSPS) is 10.4. The highest BCUT2D eigenvalue weighted by atomic mass is 16.5. The van der Waals surface area contributed by atoms with Crippen molar-refractivity contribution in [1.29, 1.82) is 0 Å². The molecular weight excluding hydrogens is 318 g/mol. The highest BCUT2D eigenvalue weighted by Crippen LogP contribution is 2.19. The summed E-state index contributed by atoms with van der Waals surface area (Å²) in [7, 11) is 1.65. The van der Waals surface area contributed by atoms with E-state index in [1.54, 1.807) is 7.11 Å². The number of amides is 2. The van der Waals surface area contributed by atoms with Gasteiger partial charge in [0.15, 0.2) is 5.76 Å². The number of carbonyl (C=O) groups is 1. The molecule has 0 saturated heterocycles. The number of anilines is 1. The average molecular weight is 337 g/mol. The molecule has 2 aromatic carbocycles. The quantitative estimate of drug-likeness (QED) is 0.717. The molecule has 2 amide bonds. The van der Waals surface area contributed by atoms with E-state index in [1.807, 2.05) is 60.7 Å². The number of nitrogens with zero attached hydrogens (tertiary/aromatic N) is 1. The largest absolute Gasteiger partial charge is 0.380 e. The highest BCUT2D eigenvalue weighted by Gasteiger charge is 2.08. The van der Waals surface area contributed by atoms with Crippen LogP contribution in [-0.4, -0.2) is 18.3 Å². The Morgan fingerprint density at radius 1 is 1.12 bits per heavy atom. The third-order valence-corrected chi connectivity index (χ3v) is 3.57. The first-order valence-corrected chi connectivity index (χ1v) is 7.88. The number of nitrogens with one attached hydrogen (secondary N) is 2. The molecule has 0 saturated carbocycles. The first-order valence-electron chi connectivity index (χ1n) is 7.88. The number of benzene rings is 2. The molecular formula is C19H19N3O3. The van der Waals surface area contributed by atoms with Gasteiger partial charge < -0.3 is 19.9 Å². The third kappa shape index (κ3) is 4.68. The summed E-state index contributed by atoms with van der Waals surface area (Å²) >= 11 is 0. The molecule has 3 rings (SSSR count). The number of ether oxygens (including phenoxy) is 1. The monoisotopic (exact) mass is 337 g/mol. The molecule has 1 heterocycles. The SMILES string of the molecule is COCc1ccc(NC(=O)NCc2cc(-c3ccccc3)on2)cc1. The van der Waals surface area contributed by atoms with Crippen LogP contribution in [0.2, 0.25) is 0 Å². The number of rotatable bonds is 6. The Bertz CT molecular complexity index is 813. The second kappa shape index (κ2) is 8.12. The van der Waals surface area contributed by atoms with Crippen molar-refractivity contribution in [3.8, 4) is 11.3 Å². The van der Waals surface area contributed by atoms with Crippen LogP contribution in [-0.2, 0) is 17.9 Å². The van der Waals surface area contributed by atoms with E-state index in [-0.39, 0.29) is 12.6 Å². The number of methoxy groups -OCH3 is 1.